The lowest BCUT2D eigenvalue weighted by Crippen LogP contribution is -2.37. The smallest absolute Gasteiger partial charge is 0.410 e. The Morgan fingerprint density at radius 2 is 2.04 bits per heavy atom. The molecule has 1 rings (SSSR count). The number of ether oxygens (including phenoxy) is 1. The van der Waals surface area contributed by atoms with Crippen LogP contribution in [0.2, 0.25) is 0 Å². The second-order valence-electron chi connectivity index (χ2n) is 5.99. The normalized spacial score (nSPS) is 10.7. The van der Waals surface area contributed by atoms with Gasteiger partial charge in [-0.15, -0.1) is 0 Å². The molecule has 1 aromatic rings. The van der Waals surface area contributed by atoms with E-state index in [0.29, 0.717) is 24.1 Å². The first-order valence-electron chi connectivity index (χ1n) is 7.75. The van der Waals surface area contributed by atoms with Crippen LogP contribution in [0.25, 0.3) is 0 Å². The lowest BCUT2D eigenvalue weighted by molar-refractivity contribution is -0.176. The highest BCUT2D eigenvalue weighted by molar-refractivity contribution is 9.10. The second-order valence-corrected chi connectivity index (χ2v) is 7.80. The molecule has 0 aliphatic heterocycles. The fourth-order valence-corrected chi connectivity index (χ4v) is 2.68. The Bertz CT molecular complexity index is 529. The number of amides is 1. The quantitative estimate of drug-likeness (QED) is 0.243. The van der Waals surface area contributed by atoms with Crippen LogP contribution in [0.4, 0.5) is 9.18 Å². The zero-order valence-electron chi connectivity index (χ0n) is 14.9. The minimum atomic E-state index is -0.482. The van der Waals surface area contributed by atoms with E-state index in [1.165, 1.54) is 18.0 Å². The molecule has 0 aliphatic carbocycles. The van der Waals surface area contributed by atoms with Gasteiger partial charge in [0.2, 0.25) is 0 Å². The molecular formula is C16H26BrFN2O4S. The second kappa shape index (κ2) is 12.5. The van der Waals surface area contributed by atoms with Gasteiger partial charge in [0.15, 0.2) is 0 Å². The predicted molar refractivity (Wildman–Crippen MR) is 101 cm³/mol. The molecule has 6 nitrogen and oxygen atoms in total. The molecule has 0 bridgehead atoms. The van der Waals surface area contributed by atoms with Crippen LogP contribution < -0.4 is 4.72 Å². The van der Waals surface area contributed by atoms with Crippen molar-refractivity contribution >= 4 is 34.0 Å². The highest BCUT2D eigenvalue weighted by Crippen LogP contribution is 2.21. The number of nitrogens with zero attached hydrogens (tertiary/aromatic N) is 1. The molecular weight excluding hydrogens is 415 g/mol. The van der Waals surface area contributed by atoms with Gasteiger partial charge in [-0.3, -0.25) is 15.2 Å². The summed E-state index contributed by atoms with van der Waals surface area (Å²) >= 11 is 4.50. The van der Waals surface area contributed by atoms with Crippen LogP contribution in [0, 0.1) is 5.82 Å². The number of halogens is 2. The molecule has 1 amide bonds. The maximum atomic E-state index is 13.4. The molecule has 0 heterocycles. The van der Waals surface area contributed by atoms with Gasteiger partial charge in [0.25, 0.3) is 0 Å². The summed E-state index contributed by atoms with van der Waals surface area (Å²) in [6, 6.07) is 4.99. The van der Waals surface area contributed by atoms with Crippen LogP contribution in [0.5, 0.6) is 0 Å². The van der Waals surface area contributed by atoms with E-state index in [1.54, 1.807) is 11.0 Å². The highest BCUT2D eigenvalue weighted by atomic mass is 79.9. The van der Waals surface area contributed by atoms with Crippen LogP contribution in [-0.2, 0) is 4.74 Å². The Hall–Kier alpha value is -0.870. The third kappa shape index (κ3) is 10.7. The minimum absolute atomic E-state index is 0.279. The number of carbonyl (C=O) groups excluding carboxylic acids is 1. The summed E-state index contributed by atoms with van der Waals surface area (Å²) in [7, 11) is 0. The van der Waals surface area contributed by atoms with Crippen molar-refractivity contribution in [3.8, 4) is 0 Å². The molecule has 0 saturated carbocycles. The Balaban J connectivity index is 0.00000277. The summed E-state index contributed by atoms with van der Waals surface area (Å²) in [4.78, 5) is 14.5. The van der Waals surface area contributed by atoms with Gasteiger partial charge in [-0.05, 0) is 80.2 Å². The van der Waals surface area contributed by atoms with Gasteiger partial charge in [0.1, 0.15) is 11.4 Å². The van der Waals surface area contributed by atoms with Gasteiger partial charge in [-0.25, -0.2) is 9.18 Å². The number of benzene rings is 1. The molecule has 0 radical (unpaired) electrons. The first-order chi connectivity index (χ1) is 11.7. The summed E-state index contributed by atoms with van der Waals surface area (Å²) in [5.74, 6) is -0.279. The Labute approximate surface area is 160 Å². The van der Waals surface area contributed by atoms with Crippen molar-refractivity contribution in [3.63, 3.8) is 0 Å². The van der Waals surface area contributed by atoms with Crippen molar-refractivity contribution in [3.05, 3.63) is 28.5 Å². The molecule has 1 aromatic carbocycles. The third-order valence-corrected chi connectivity index (χ3v) is 4.30. The summed E-state index contributed by atoms with van der Waals surface area (Å²) in [5, 5.41) is 12.0. The van der Waals surface area contributed by atoms with Crippen molar-refractivity contribution in [2.45, 2.75) is 44.6 Å². The van der Waals surface area contributed by atoms with E-state index in [1.807, 2.05) is 33.8 Å². The van der Waals surface area contributed by atoms with E-state index in [4.69, 9.17) is 15.3 Å². The number of hydrogen-bond donors (Lipinski definition) is 3. The molecule has 0 fully saturated rings. The molecule has 25 heavy (non-hydrogen) atoms. The molecule has 9 heteroatoms. The zero-order chi connectivity index (χ0) is 19.5. The number of rotatable bonds is 7. The van der Waals surface area contributed by atoms with Crippen molar-refractivity contribution < 1.29 is 24.4 Å². The maximum absolute atomic E-state index is 13.4. The zero-order valence-corrected chi connectivity index (χ0v) is 17.3. The lowest BCUT2D eigenvalue weighted by Gasteiger charge is -2.26. The summed E-state index contributed by atoms with van der Waals surface area (Å²) < 4.78 is 22.4. The standard InChI is InChI=1S/C16H24BrFN2O2S.H2O2/c1-5-20(15(21)22-16(2,3)4)10-6-9-19-23-12-7-8-13(17)14(18)11-12;1-2/h7-8,11,19H,5-6,9-10H2,1-4H3;1-2H. The van der Waals surface area contributed by atoms with E-state index in [2.05, 4.69) is 20.7 Å². The van der Waals surface area contributed by atoms with Crippen molar-refractivity contribution in [1.82, 2.24) is 9.62 Å². The first kappa shape index (κ1) is 24.1. The Kier molecular flexibility index (Phi) is 12.0. The Morgan fingerprint density at radius 3 is 2.56 bits per heavy atom. The van der Waals surface area contributed by atoms with E-state index in [9.17, 15) is 9.18 Å². The van der Waals surface area contributed by atoms with Gasteiger partial charge < -0.3 is 9.64 Å². The molecule has 0 saturated heterocycles. The minimum Gasteiger partial charge on any atom is -0.444 e. The van der Waals surface area contributed by atoms with Gasteiger partial charge in [0, 0.05) is 24.5 Å². The lowest BCUT2D eigenvalue weighted by atomic mass is 10.2. The van der Waals surface area contributed by atoms with Crippen molar-refractivity contribution in [2.75, 3.05) is 19.6 Å². The summed E-state index contributed by atoms with van der Waals surface area (Å²) in [6.45, 7) is 9.43. The van der Waals surface area contributed by atoms with Gasteiger partial charge in [-0.1, -0.05) is 0 Å². The number of carbonyl (C=O) groups is 1. The number of nitrogens with one attached hydrogen (secondary N) is 1. The van der Waals surface area contributed by atoms with Crippen LogP contribution in [0.1, 0.15) is 34.1 Å². The molecule has 0 aromatic heterocycles. The van der Waals surface area contributed by atoms with E-state index in [-0.39, 0.29) is 11.9 Å². The topological polar surface area (TPSA) is 82.0 Å². The van der Waals surface area contributed by atoms with Crippen molar-refractivity contribution in [2.24, 2.45) is 0 Å². The maximum Gasteiger partial charge on any atom is 0.410 e. The van der Waals surface area contributed by atoms with E-state index < -0.39 is 5.60 Å². The van der Waals surface area contributed by atoms with E-state index >= 15 is 0 Å². The fourth-order valence-electron chi connectivity index (χ4n) is 1.72. The van der Waals surface area contributed by atoms with Gasteiger partial charge in [-0.2, -0.15) is 0 Å². The van der Waals surface area contributed by atoms with Gasteiger partial charge in [0.05, 0.1) is 4.47 Å². The van der Waals surface area contributed by atoms with Crippen LogP contribution in [-0.4, -0.2) is 46.7 Å². The van der Waals surface area contributed by atoms with E-state index in [0.717, 1.165) is 11.3 Å². The molecule has 3 N–H and O–H groups in total. The average Bonchev–Trinajstić information content (AvgIpc) is 2.54. The fraction of sp³-hybridized carbons (Fsp3) is 0.562. The molecule has 144 valence electrons. The van der Waals surface area contributed by atoms with Crippen molar-refractivity contribution in [1.29, 1.82) is 0 Å². The molecule has 0 unspecified atom stereocenters. The number of hydrogen-bond acceptors (Lipinski definition) is 6. The van der Waals surface area contributed by atoms with Gasteiger partial charge >= 0.3 is 6.09 Å². The van der Waals surface area contributed by atoms with Crippen LogP contribution in [0.3, 0.4) is 0 Å². The monoisotopic (exact) mass is 440 g/mol. The van der Waals surface area contributed by atoms with Crippen LogP contribution in [0.15, 0.2) is 27.6 Å². The Morgan fingerprint density at radius 1 is 1.40 bits per heavy atom. The highest BCUT2D eigenvalue weighted by Gasteiger charge is 2.20. The molecule has 0 aliphatic rings. The average molecular weight is 441 g/mol. The molecule has 0 spiro atoms. The first-order valence-corrected chi connectivity index (χ1v) is 9.36. The third-order valence-electron chi connectivity index (χ3n) is 2.82. The largest absolute Gasteiger partial charge is 0.444 e. The predicted octanol–water partition coefficient (Wildman–Crippen LogP) is 4.85. The van der Waals surface area contributed by atoms with Crippen LogP contribution >= 0.6 is 27.9 Å². The summed E-state index contributed by atoms with van der Waals surface area (Å²) in [6.07, 6.45) is 0.502. The SMILES string of the molecule is CCN(CCCNSc1ccc(Br)c(F)c1)C(=O)OC(C)(C)C.OO. The summed E-state index contributed by atoms with van der Waals surface area (Å²) in [5.41, 5.74) is -0.482. The molecule has 0 atom stereocenters.